The summed E-state index contributed by atoms with van der Waals surface area (Å²) in [6, 6.07) is 0. The van der Waals surface area contributed by atoms with Crippen LogP contribution in [0, 0.1) is 0 Å². The van der Waals surface area contributed by atoms with Gasteiger partial charge in [0.05, 0.1) is 0 Å². The van der Waals surface area contributed by atoms with E-state index in [0.29, 0.717) is 13.0 Å². The molecule has 128 valence electrons. The average molecular weight is 302 g/mol. The molecular weight excluding hydrogens is 264 g/mol. The fraction of sp³-hybridized carbons (Fsp3) is 1.00. The van der Waals surface area contributed by atoms with Gasteiger partial charge in [0.15, 0.2) is 6.29 Å². The fourth-order valence-corrected chi connectivity index (χ4v) is 2.74. The van der Waals surface area contributed by atoms with E-state index in [0.717, 1.165) is 19.3 Å². The molecular formula is C18H38O3. The van der Waals surface area contributed by atoms with E-state index in [4.69, 9.17) is 15.3 Å². The Morgan fingerprint density at radius 3 is 1.00 bits per heavy atom. The van der Waals surface area contributed by atoms with Crippen LogP contribution in [0.2, 0.25) is 0 Å². The first-order valence-electron chi connectivity index (χ1n) is 9.24. The highest BCUT2D eigenvalue weighted by molar-refractivity contribution is 4.50. The van der Waals surface area contributed by atoms with Crippen LogP contribution in [0.3, 0.4) is 0 Å². The minimum atomic E-state index is -1.11. The van der Waals surface area contributed by atoms with E-state index in [2.05, 4.69) is 0 Å². The zero-order chi connectivity index (χ0) is 15.6. The van der Waals surface area contributed by atoms with Gasteiger partial charge in [0.25, 0.3) is 0 Å². The Morgan fingerprint density at radius 2 is 0.714 bits per heavy atom. The molecule has 21 heavy (non-hydrogen) atoms. The van der Waals surface area contributed by atoms with E-state index >= 15 is 0 Å². The summed E-state index contributed by atoms with van der Waals surface area (Å²) in [7, 11) is 0. The molecule has 0 saturated heterocycles. The summed E-state index contributed by atoms with van der Waals surface area (Å²) < 4.78 is 0. The summed E-state index contributed by atoms with van der Waals surface area (Å²) in [6.45, 7) is 0.351. The number of aliphatic hydroxyl groups is 3. The highest BCUT2D eigenvalue weighted by Crippen LogP contribution is 2.13. The Morgan fingerprint density at radius 1 is 0.429 bits per heavy atom. The summed E-state index contributed by atoms with van der Waals surface area (Å²) in [5.41, 5.74) is 0. The molecule has 0 aromatic carbocycles. The molecule has 0 amide bonds. The molecule has 0 rings (SSSR count). The quantitative estimate of drug-likeness (QED) is 0.273. The van der Waals surface area contributed by atoms with Gasteiger partial charge in [0.2, 0.25) is 0 Å². The number of aliphatic hydroxyl groups excluding tert-OH is 2. The van der Waals surface area contributed by atoms with Crippen molar-refractivity contribution in [2.24, 2.45) is 0 Å². The van der Waals surface area contributed by atoms with Crippen LogP contribution in [-0.2, 0) is 0 Å². The molecule has 0 aliphatic rings. The molecule has 0 heterocycles. The van der Waals surface area contributed by atoms with Crippen LogP contribution >= 0.6 is 0 Å². The van der Waals surface area contributed by atoms with Crippen LogP contribution in [0.4, 0.5) is 0 Å². The number of hydrogen-bond acceptors (Lipinski definition) is 3. The van der Waals surface area contributed by atoms with E-state index in [-0.39, 0.29) is 0 Å². The van der Waals surface area contributed by atoms with E-state index < -0.39 is 6.29 Å². The number of hydrogen-bond donors (Lipinski definition) is 3. The minimum Gasteiger partial charge on any atom is -0.396 e. The monoisotopic (exact) mass is 302 g/mol. The van der Waals surface area contributed by atoms with Gasteiger partial charge in [-0.2, -0.15) is 0 Å². The number of unbranched alkanes of at least 4 members (excludes halogenated alkanes) is 14. The Kier molecular flexibility index (Phi) is 17.8. The van der Waals surface area contributed by atoms with E-state index in [1.807, 2.05) is 0 Å². The van der Waals surface area contributed by atoms with Crippen molar-refractivity contribution in [3.05, 3.63) is 0 Å². The van der Waals surface area contributed by atoms with Gasteiger partial charge in [-0.15, -0.1) is 0 Å². The van der Waals surface area contributed by atoms with Crippen LogP contribution in [-0.4, -0.2) is 28.2 Å². The Hall–Kier alpha value is -0.120. The summed E-state index contributed by atoms with van der Waals surface area (Å²) >= 11 is 0. The molecule has 0 aromatic heterocycles. The molecule has 0 aliphatic heterocycles. The molecule has 3 nitrogen and oxygen atoms in total. The smallest absolute Gasteiger partial charge is 0.151 e. The Bertz CT molecular complexity index is 183. The summed E-state index contributed by atoms with van der Waals surface area (Å²) in [5.74, 6) is 0. The lowest BCUT2D eigenvalue weighted by Gasteiger charge is -2.04. The van der Waals surface area contributed by atoms with E-state index in [1.165, 1.54) is 77.0 Å². The second kappa shape index (κ2) is 17.9. The lowest BCUT2D eigenvalue weighted by atomic mass is 10.0. The van der Waals surface area contributed by atoms with Crippen LogP contribution in [0.1, 0.15) is 103 Å². The molecule has 3 heteroatoms. The van der Waals surface area contributed by atoms with Gasteiger partial charge in [0.1, 0.15) is 0 Å². The zero-order valence-corrected chi connectivity index (χ0v) is 13.9. The normalized spacial score (nSPS) is 11.4. The predicted molar refractivity (Wildman–Crippen MR) is 89.2 cm³/mol. The van der Waals surface area contributed by atoms with Crippen molar-refractivity contribution in [3.8, 4) is 0 Å². The van der Waals surface area contributed by atoms with Crippen molar-refractivity contribution in [3.63, 3.8) is 0 Å². The van der Waals surface area contributed by atoms with Crippen molar-refractivity contribution in [1.82, 2.24) is 0 Å². The summed E-state index contributed by atoms with van der Waals surface area (Å²) in [4.78, 5) is 0. The SMILES string of the molecule is OCCCCCCCCCCCCCCCCCC(O)O. The third kappa shape index (κ3) is 19.9. The molecule has 0 radical (unpaired) electrons. The molecule has 0 fully saturated rings. The summed E-state index contributed by atoms with van der Waals surface area (Å²) in [6.07, 6.45) is 18.4. The van der Waals surface area contributed by atoms with Crippen molar-refractivity contribution < 1.29 is 15.3 Å². The molecule has 0 bridgehead atoms. The first kappa shape index (κ1) is 20.9. The van der Waals surface area contributed by atoms with Gasteiger partial charge >= 0.3 is 0 Å². The van der Waals surface area contributed by atoms with Gasteiger partial charge in [0, 0.05) is 6.61 Å². The van der Waals surface area contributed by atoms with Crippen LogP contribution < -0.4 is 0 Å². The molecule has 0 saturated carbocycles. The maximum Gasteiger partial charge on any atom is 0.151 e. The summed E-state index contributed by atoms with van der Waals surface area (Å²) in [5, 5.41) is 26.1. The number of rotatable bonds is 17. The second-order valence-corrected chi connectivity index (χ2v) is 6.30. The van der Waals surface area contributed by atoms with Gasteiger partial charge in [-0.25, -0.2) is 0 Å². The lowest BCUT2D eigenvalue weighted by Crippen LogP contribution is -2.02. The van der Waals surface area contributed by atoms with Crippen molar-refractivity contribution in [1.29, 1.82) is 0 Å². The van der Waals surface area contributed by atoms with Crippen LogP contribution in [0.25, 0.3) is 0 Å². The third-order valence-corrected chi connectivity index (χ3v) is 4.12. The van der Waals surface area contributed by atoms with Gasteiger partial charge in [-0.05, 0) is 19.3 Å². The Balaban J connectivity index is 2.93. The lowest BCUT2D eigenvalue weighted by molar-refractivity contribution is -0.0466. The van der Waals surface area contributed by atoms with E-state index in [9.17, 15) is 0 Å². The maximum atomic E-state index is 8.71. The molecule has 0 aliphatic carbocycles. The van der Waals surface area contributed by atoms with Crippen molar-refractivity contribution in [2.75, 3.05) is 6.61 Å². The maximum absolute atomic E-state index is 8.71. The van der Waals surface area contributed by atoms with Crippen LogP contribution in [0.15, 0.2) is 0 Å². The highest BCUT2D eigenvalue weighted by Gasteiger charge is 1.97. The predicted octanol–water partition coefficient (Wildman–Crippen LogP) is 4.53. The molecule has 0 aromatic rings. The average Bonchev–Trinajstić information content (AvgIpc) is 2.46. The van der Waals surface area contributed by atoms with Crippen molar-refractivity contribution >= 4 is 0 Å². The first-order chi connectivity index (χ1) is 10.3. The fourth-order valence-electron chi connectivity index (χ4n) is 2.74. The highest BCUT2D eigenvalue weighted by atomic mass is 16.5. The Labute approximate surface area is 131 Å². The van der Waals surface area contributed by atoms with Crippen molar-refractivity contribution in [2.45, 2.75) is 109 Å². The molecule has 0 atom stereocenters. The van der Waals surface area contributed by atoms with Gasteiger partial charge in [-0.3, -0.25) is 0 Å². The minimum absolute atomic E-state index is 0.351. The zero-order valence-electron chi connectivity index (χ0n) is 13.9. The van der Waals surface area contributed by atoms with Gasteiger partial charge < -0.3 is 15.3 Å². The van der Waals surface area contributed by atoms with E-state index in [1.54, 1.807) is 0 Å². The van der Waals surface area contributed by atoms with Gasteiger partial charge in [-0.1, -0.05) is 83.5 Å². The largest absolute Gasteiger partial charge is 0.396 e. The molecule has 0 spiro atoms. The van der Waals surface area contributed by atoms with Crippen LogP contribution in [0.5, 0.6) is 0 Å². The first-order valence-corrected chi connectivity index (χ1v) is 9.24. The molecule has 0 unspecified atom stereocenters. The molecule has 3 N–H and O–H groups in total. The second-order valence-electron chi connectivity index (χ2n) is 6.30. The standard InChI is InChI=1S/C18H38O3/c19-17-15-13-11-9-7-5-3-1-2-4-6-8-10-12-14-16-18(20)21/h18-21H,1-17H2. The third-order valence-electron chi connectivity index (χ3n) is 4.12. The topological polar surface area (TPSA) is 60.7 Å².